The van der Waals surface area contributed by atoms with E-state index in [-0.39, 0.29) is 0 Å². The zero-order valence-electron chi connectivity index (χ0n) is 10.4. The van der Waals surface area contributed by atoms with E-state index in [1.54, 1.807) is 24.8 Å². The fraction of sp³-hybridized carbons (Fsp3) is 0.0625. The molecule has 0 N–H and O–H groups in total. The summed E-state index contributed by atoms with van der Waals surface area (Å²) in [4.78, 5) is 12.8. The van der Waals surface area contributed by atoms with Crippen molar-refractivity contribution in [2.24, 2.45) is 4.99 Å². The molecule has 0 unspecified atom stereocenters. The minimum atomic E-state index is 0.885. The Morgan fingerprint density at radius 3 is 2.11 bits per heavy atom. The van der Waals surface area contributed by atoms with Gasteiger partial charge in [0.1, 0.15) is 0 Å². The van der Waals surface area contributed by atoms with Gasteiger partial charge in [-0.15, -0.1) is 0 Å². The molecule has 0 saturated heterocycles. The molecule has 0 radical (unpaired) electrons. The minimum absolute atomic E-state index is 0.885. The summed E-state index contributed by atoms with van der Waals surface area (Å²) in [7, 11) is 0. The van der Waals surface area contributed by atoms with E-state index in [1.807, 2.05) is 24.3 Å². The third-order valence-electron chi connectivity index (χ3n) is 2.92. The van der Waals surface area contributed by atoms with E-state index in [4.69, 9.17) is 4.99 Å². The summed E-state index contributed by atoms with van der Waals surface area (Å²) in [6.07, 6.45) is 14.3. The van der Waals surface area contributed by atoms with Gasteiger partial charge in [-0.2, -0.15) is 0 Å². The van der Waals surface area contributed by atoms with Crippen molar-refractivity contribution in [2.75, 3.05) is 0 Å². The maximum Gasteiger partial charge on any atom is 0.0707 e. The monoisotopic (exact) mass is 247 g/mol. The number of hydrogen-bond acceptors (Lipinski definition) is 3. The molecule has 2 aromatic heterocycles. The predicted octanol–water partition coefficient (Wildman–Crippen LogP) is 3.27. The standard InChI is InChI=1S/C16H13N3/c1-2-4-16(14-7-11-18-12-8-14)19-15(3-1)13-5-9-17-10-6-13/h1,3-12H,2H2. The molecule has 0 fully saturated rings. The van der Waals surface area contributed by atoms with Crippen LogP contribution < -0.4 is 0 Å². The van der Waals surface area contributed by atoms with Crippen LogP contribution in [0.3, 0.4) is 0 Å². The van der Waals surface area contributed by atoms with Crippen molar-refractivity contribution in [1.82, 2.24) is 9.97 Å². The molecule has 19 heavy (non-hydrogen) atoms. The molecule has 0 aliphatic carbocycles. The number of aliphatic imine (C=N–C) groups is 1. The Kier molecular flexibility index (Phi) is 3.28. The lowest BCUT2D eigenvalue weighted by Gasteiger charge is -2.04. The maximum absolute atomic E-state index is 4.75. The lowest BCUT2D eigenvalue weighted by atomic mass is 10.1. The van der Waals surface area contributed by atoms with Crippen molar-refractivity contribution in [1.29, 1.82) is 0 Å². The first kappa shape index (κ1) is 11.5. The van der Waals surface area contributed by atoms with Crippen molar-refractivity contribution < 1.29 is 0 Å². The average molecular weight is 247 g/mol. The van der Waals surface area contributed by atoms with Crippen molar-refractivity contribution in [3.05, 3.63) is 78.4 Å². The van der Waals surface area contributed by atoms with Crippen LogP contribution in [0.4, 0.5) is 0 Å². The molecule has 3 heteroatoms. The second-order valence-corrected chi connectivity index (χ2v) is 4.20. The van der Waals surface area contributed by atoms with Crippen molar-refractivity contribution in [3.63, 3.8) is 0 Å². The normalized spacial score (nSPS) is 14.5. The lowest BCUT2D eigenvalue weighted by Crippen LogP contribution is -1.97. The number of aromatic nitrogens is 2. The summed E-state index contributed by atoms with van der Waals surface area (Å²) in [6, 6.07) is 7.90. The highest BCUT2D eigenvalue weighted by atomic mass is 14.8. The average Bonchev–Trinajstić information content (AvgIpc) is 2.75. The van der Waals surface area contributed by atoms with Crippen LogP contribution in [-0.4, -0.2) is 15.7 Å². The molecule has 3 heterocycles. The Morgan fingerprint density at radius 2 is 1.42 bits per heavy atom. The van der Waals surface area contributed by atoms with Gasteiger partial charge < -0.3 is 0 Å². The number of nitrogens with zero attached hydrogens (tertiary/aromatic N) is 3. The smallest absolute Gasteiger partial charge is 0.0707 e. The fourth-order valence-corrected chi connectivity index (χ4v) is 1.96. The van der Waals surface area contributed by atoms with Crippen molar-refractivity contribution in [2.45, 2.75) is 6.42 Å². The summed E-state index contributed by atoms with van der Waals surface area (Å²) >= 11 is 0. The molecule has 0 spiro atoms. The molecule has 1 aliphatic heterocycles. The summed E-state index contributed by atoms with van der Waals surface area (Å²) in [5.74, 6) is 0. The van der Waals surface area contributed by atoms with Crippen LogP contribution in [0.1, 0.15) is 17.5 Å². The van der Waals surface area contributed by atoms with Gasteiger partial charge in [0.05, 0.1) is 11.4 Å². The molecular formula is C16H13N3. The summed E-state index contributed by atoms with van der Waals surface area (Å²) in [5, 5.41) is 0. The number of rotatable bonds is 2. The van der Waals surface area contributed by atoms with Gasteiger partial charge in [-0.25, -0.2) is 4.99 Å². The molecule has 3 rings (SSSR count). The quantitative estimate of drug-likeness (QED) is 0.816. The number of allylic oxidation sites excluding steroid dienone is 3. The second kappa shape index (κ2) is 5.40. The molecule has 0 atom stereocenters. The van der Waals surface area contributed by atoms with E-state index in [1.165, 1.54) is 0 Å². The fourth-order valence-electron chi connectivity index (χ4n) is 1.96. The Hall–Kier alpha value is -2.55. The highest BCUT2D eigenvalue weighted by Gasteiger charge is 2.06. The maximum atomic E-state index is 4.75. The number of hydrogen-bond donors (Lipinski definition) is 0. The zero-order chi connectivity index (χ0) is 12.9. The first-order valence-corrected chi connectivity index (χ1v) is 6.20. The van der Waals surface area contributed by atoms with Crippen LogP contribution in [-0.2, 0) is 0 Å². The van der Waals surface area contributed by atoms with E-state index in [9.17, 15) is 0 Å². The Balaban J connectivity index is 2.02. The molecule has 0 bridgehead atoms. The molecule has 0 saturated carbocycles. The van der Waals surface area contributed by atoms with Crippen LogP contribution in [0.15, 0.2) is 72.3 Å². The molecule has 0 amide bonds. The molecule has 92 valence electrons. The van der Waals surface area contributed by atoms with Gasteiger partial charge in [0, 0.05) is 35.9 Å². The Labute approximate surface area is 112 Å². The first-order chi connectivity index (χ1) is 9.43. The zero-order valence-corrected chi connectivity index (χ0v) is 10.4. The minimum Gasteiger partial charge on any atom is -0.265 e. The van der Waals surface area contributed by atoms with Gasteiger partial charge in [-0.05, 0) is 36.8 Å². The second-order valence-electron chi connectivity index (χ2n) is 4.20. The van der Waals surface area contributed by atoms with Crippen molar-refractivity contribution in [3.8, 4) is 0 Å². The van der Waals surface area contributed by atoms with Crippen molar-refractivity contribution >= 4 is 11.4 Å². The van der Waals surface area contributed by atoms with Gasteiger partial charge in [0.15, 0.2) is 0 Å². The SMILES string of the molecule is C1=CC(c2ccncc2)=NC(c2ccncc2)=CC1. The van der Waals surface area contributed by atoms with Crippen LogP contribution >= 0.6 is 0 Å². The Morgan fingerprint density at radius 1 is 0.789 bits per heavy atom. The van der Waals surface area contributed by atoms with E-state index >= 15 is 0 Å². The molecule has 3 nitrogen and oxygen atoms in total. The third-order valence-corrected chi connectivity index (χ3v) is 2.92. The summed E-state index contributed by atoms with van der Waals surface area (Å²) in [6.45, 7) is 0. The van der Waals surface area contributed by atoms with Gasteiger partial charge in [0.2, 0.25) is 0 Å². The predicted molar refractivity (Wildman–Crippen MR) is 76.7 cm³/mol. The van der Waals surface area contributed by atoms with Crippen LogP contribution in [0.2, 0.25) is 0 Å². The first-order valence-electron chi connectivity index (χ1n) is 6.20. The largest absolute Gasteiger partial charge is 0.265 e. The van der Waals surface area contributed by atoms with E-state index in [2.05, 4.69) is 28.2 Å². The molecule has 2 aromatic rings. The van der Waals surface area contributed by atoms with E-state index in [0.717, 1.165) is 29.0 Å². The van der Waals surface area contributed by atoms with Crippen LogP contribution in [0.25, 0.3) is 5.70 Å². The van der Waals surface area contributed by atoms with E-state index in [0.29, 0.717) is 0 Å². The van der Waals surface area contributed by atoms with Gasteiger partial charge in [0.25, 0.3) is 0 Å². The highest BCUT2D eigenvalue weighted by molar-refractivity contribution is 6.11. The summed E-state index contributed by atoms with van der Waals surface area (Å²) < 4.78 is 0. The van der Waals surface area contributed by atoms with Crippen LogP contribution in [0.5, 0.6) is 0 Å². The summed E-state index contributed by atoms with van der Waals surface area (Å²) in [5.41, 5.74) is 4.11. The lowest BCUT2D eigenvalue weighted by molar-refractivity contribution is 1.30. The van der Waals surface area contributed by atoms with Gasteiger partial charge >= 0.3 is 0 Å². The Bertz CT molecular complexity index is 640. The van der Waals surface area contributed by atoms with Gasteiger partial charge in [-0.1, -0.05) is 12.2 Å². The third kappa shape index (κ3) is 2.65. The highest BCUT2D eigenvalue weighted by Crippen LogP contribution is 2.20. The molecule has 1 aliphatic rings. The van der Waals surface area contributed by atoms with E-state index < -0.39 is 0 Å². The number of pyridine rings is 2. The topological polar surface area (TPSA) is 38.1 Å². The molecule has 0 aromatic carbocycles. The molecular weight excluding hydrogens is 234 g/mol. The van der Waals surface area contributed by atoms with Crippen LogP contribution in [0, 0.1) is 0 Å². The van der Waals surface area contributed by atoms with Gasteiger partial charge in [-0.3, -0.25) is 9.97 Å².